The molecule has 1 aliphatic carbocycles. The molecule has 0 bridgehead atoms. The third-order valence-corrected chi connectivity index (χ3v) is 5.03. The Balaban J connectivity index is 1.85. The first-order valence-corrected chi connectivity index (χ1v) is 8.76. The van der Waals surface area contributed by atoms with Crippen molar-refractivity contribution in [1.29, 1.82) is 0 Å². The smallest absolute Gasteiger partial charge is 0.177 e. The van der Waals surface area contributed by atoms with Crippen molar-refractivity contribution in [3.63, 3.8) is 0 Å². The molecule has 3 N–H and O–H groups in total. The van der Waals surface area contributed by atoms with Gasteiger partial charge >= 0.3 is 0 Å². The summed E-state index contributed by atoms with van der Waals surface area (Å²) in [6.07, 6.45) is 3.03. The lowest BCUT2D eigenvalue weighted by Crippen LogP contribution is -2.20. The van der Waals surface area contributed by atoms with Gasteiger partial charge in [0.15, 0.2) is 9.84 Å². The normalized spacial score (nSPS) is 14.9. The molecule has 110 valence electrons. The first-order chi connectivity index (χ1) is 9.95. The second kappa shape index (κ2) is 5.07. The van der Waals surface area contributed by atoms with E-state index in [1.165, 1.54) is 17.4 Å². The van der Waals surface area contributed by atoms with Crippen molar-refractivity contribution in [3.05, 3.63) is 53.6 Å². The van der Waals surface area contributed by atoms with Gasteiger partial charge < -0.3 is 11.1 Å². The van der Waals surface area contributed by atoms with Crippen LogP contribution in [0.15, 0.2) is 47.4 Å². The highest BCUT2D eigenvalue weighted by Crippen LogP contribution is 2.30. The Hall–Kier alpha value is -2.01. The van der Waals surface area contributed by atoms with E-state index in [-0.39, 0.29) is 10.9 Å². The number of nitrogens with two attached hydrogens (primary N) is 1. The summed E-state index contributed by atoms with van der Waals surface area (Å²) in [7, 11) is -3.31. The molecule has 0 amide bonds. The van der Waals surface area contributed by atoms with E-state index in [2.05, 4.69) is 17.4 Å². The molecular formula is C16H18N2O2S. The van der Waals surface area contributed by atoms with Crippen molar-refractivity contribution in [2.24, 2.45) is 0 Å². The topological polar surface area (TPSA) is 72.2 Å². The number of anilines is 2. The Morgan fingerprint density at radius 3 is 2.24 bits per heavy atom. The van der Waals surface area contributed by atoms with Crippen molar-refractivity contribution in [1.82, 2.24) is 0 Å². The van der Waals surface area contributed by atoms with Crippen LogP contribution in [0.2, 0.25) is 0 Å². The van der Waals surface area contributed by atoms with Crippen LogP contribution in [0.1, 0.15) is 11.1 Å². The molecule has 0 heterocycles. The molecule has 21 heavy (non-hydrogen) atoms. The highest BCUT2D eigenvalue weighted by Gasteiger charge is 2.22. The van der Waals surface area contributed by atoms with Crippen LogP contribution in [-0.2, 0) is 22.7 Å². The van der Waals surface area contributed by atoms with Gasteiger partial charge in [0.05, 0.1) is 16.3 Å². The average Bonchev–Trinajstić information content (AvgIpc) is 2.82. The molecular weight excluding hydrogens is 284 g/mol. The molecule has 5 heteroatoms. The van der Waals surface area contributed by atoms with Crippen LogP contribution in [0, 0.1) is 0 Å². The number of hydrogen-bond donors (Lipinski definition) is 2. The minimum absolute atomic E-state index is 0.183. The third kappa shape index (κ3) is 2.74. The minimum atomic E-state index is -3.31. The molecule has 0 spiro atoms. The van der Waals surface area contributed by atoms with Crippen LogP contribution in [-0.4, -0.2) is 20.7 Å². The maximum Gasteiger partial charge on any atom is 0.177 e. The lowest BCUT2D eigenvalue weighted by atomic mass is 10.1. The Labute approximate surface area is 124 Å². The number of para-hydroxylation sites is 1. The van der Waals surface area contributed by atoms with Crippen molar-refractivity contribution in [2.75, 3.05) is 17.3 Å². The van der Waals surface area contributed by atoms with E-state index in [0.717, 1.165) is 12.8 Å². The predicted octanol–water partition coefficient (Wildman–Crippen LogP) is 2.25. The zero-order valence-electron chi connectivity index (χ0n) is 11.8. The molecule has 2 aromatic rings. The number of benzene rings is 2. The summed E-state index contributed by atoms with van der Waals surface area (Å²) in [4.78, 5) is 0.183. The van der Waals surface area contributed by atoms with Gasteiger partial charge in [-0.05, 0) is 36.1 Å². The number of sulfone groups is 1. The zero-order valence-corrected chi connectivity index (χ0v) is 12.7. The van der Waals surface area contributed by atoms with Crippen LogP contribution in [0.5, 0.6) is 0 Å². The summed E-state index contributed by atoms with van der Waals surface area (Å²) in [5.41, 5.74) is 9.68. The van der Waals surface area contributed by atoms with Crippen LogP contribution < -0.4 is 11.1 Å². The SMILES string of the molecule is CS(=O)(=O)c1cccc(NC2Cc3ccccc3C2)c1N. The number of rotatable bonds is 3. The summed E-state index contributed by atoms with van der Waals surface area (Å²) < 4.78 is 23.4. The third-order valence-electron chi connectivity index (χ3n) is 3.88. The van der Waals surface area contributed by atoms with E-state index in [1.807, 2.05) is 18.2 Å². The number of hydrogen-bond acceptors (Lipinski definition) is 4. The van der Waals surface area contributed by atoms with E-state index in [0.29, 0.717) is 11.4 Å². The molecule has 0 unspecified atom stereocenters. The Bertz CT molecular complexity index is 760. The Kier molecular flexibility index (Phi) is 3.37. The lowest BCUT2D eigenvalue weighted by Gasteiger charge is -2.17. The van der Waals surface area contributed by atoms with Crippen molar-refractivity contribution in [2.45, 2.75) is 23.8 Å². The molecule has 0 fully saturated rings. The monoisotopic (exact) mass is 302 g/mol. The standard InChI is InChI=1S/C16H18N2O2S/c1-21(19,20)15-8-4-7-14(16(15)17)18-13-9-11-5-2-3-6-12(11)10-13/h2-8,13,18H,9-10,17H2,1H3. The van der Waals surface area contributed by atoms with Crippen LogP contribution in [0.25, 0.3) is 0 Å². The zero-order chi connectivity index (χ0) is 15.0. The average molecular weight is 302 g/mol. The van der Waals surface area contributed by atoms with E-state index in [1.54, 1.807) is 12.1 Å². The maximum absolute atomic E-state index is 11.7. The van der Waals surface area contributed by atoms with E-state index in [9.17, 15) is 8.42 Å². The van der Waals surface area contributed by atoms with Gasteiger partial charge in [-0.3, -0.25) is 0 Å². The predicted molar refractivity (Wildman–Crippen MR) is 85.2 cm³/mol. The van der Waals surface area contributed by atoms with Crippen LogP contribution in [0.4, 0.5) is 11.4 Å². The molecule has 0 aliphatic heterocycles. The van der Waals surface area contributed by atoms with Crippen LogP contribution in [0.3, 0.4) is 0 Å². The molecule has 4 nitrogen and oxygen atoms in total. The molecule has 1 aliphatic rings. The lowest BCUT2D eigenvalue weighted by molar-refractivity contribution is 0.602. The molecule has 3 rings (SSSR count). The van der Waals surface area contributed by atoms with Gasteiger partial charge in [-0.1, -0.05) is 30.3 Å². The summed E-state index contributed by atoms with van der Waals surface area (Å²) in [6.45, 7) is 0. The number of nitrogen functional groups attached to an aromatic ring is 1. The van der Waals surface area contributed by atoms with Gasteiger partial charge in [-0.25, -0.2) is 8.42 Å². The van der Waals surface area contributed by atoms with Gasteiger partial charge in [0.1, 0.15) is 0 Å². The first kappa shape index (κ1) is 13.9. The van der Waals surface area contributed by atoms with E-state index in [4.69, 9.17) is 5.73 Å². The second-order valence-corrected chi connectivity index (χ2v) is 7.49. The summed E-state index contributed by atoms with van der Waals surface area (Å²) in [5.74, 6) is 0. The fraction of sp³-hybridized carbons (Fsp3) is 0.250. The molecule has 0 atom stereocenters. The van der Waals surface area contributed by atoms with Crippen molar-refractivity contribution in [3.8, 4) is 0 Å². The Morgan fingerprint density at radius 1 is 1.05 bits per heavy atom. The highest BCUT2D eigenvalue weighted by molar-refractivity contribution is 7.90. The van der Waals surface area contributed by atoms with Crippen molar-refractivity contribution >= 4 is 21.2 Å². The molecule has 0 saturated carbocycles. The van der Waals surface area contributed by atoms with Crippen molar-refractivity contribution < 1.29 is 8.42 Å². The fourth-order valence-corrected chi connectivity index (χ4v) is 3.71. The second-order valence-electron chi connectivity index (χ2n) is 5.51. The van der Waals surface area contributed by atoms with E-state index >= 15 is 0 Å². The summed E-state index contributed by atoms with van der Waals surface area (Å²) >= 11 is 0. The largest absolute Gasteiger partial charge is 0.396 e. The van der Waals surface area contributed by atoms with Gasteiger partial charge in [0.2, 0.25) is 0 Å². The van der Waals surface area contributed by atoms with Gasteiger partial charge in [-0.2, -0.15) is 0 Å². The van der Waals surface area contributed by atoms with E-state index < -0.39 is 9.84 Å². The quantitative estimate of drug-likeness (QED) is 0.853. The molecule has 2 aromatic carbocycles. The molecule has 0 radical (unpaired) electrons. The van der Waals surface area contributed by atoms with Crippen LogP contribution >= 0.6 is 0 Å². The highest BCUT2D eigenvalue weighted by atomic mass is 32.2. The summed E-state index contributed by atoms with van der Waals surface area (Å²) in [5, 5.41) is 3.38. The Morgan fingerprint density at radius 2 is 1.67 bits per heavy atom. The van der Waals surface area contributed by atoms with Gasteiger partial charge in [0.25, 0.3) is 0 Å². The molecule has 0 saturated heterocycles. The van der Waals surface area contributed by atoms with Gasteiger partial charge in [0, 0.05) is 12.3 Å². The maximum atomic E-state index is 11.7. The number of nitrogens with one attached hydrogen (secondary N) is 1. The van der Waals surface area contributed by atoms with Gasteiger partial charge in [-0.15, -0.1) is 0 Å². The molecule has 0 aromatic heterocycles. The minimum Gasteiger partial charge on any atom is -0.396 e. The fourth-order valence-electron chi connectivity index (χ4n) is 2.87. The summed E-state index contributed by atoms with van der Waals surface area (Å²) in [6, 6.07) is 13.7. The number of fused-ring (bicyclic) bond motifs is 1. The first-order valence-electron chi connectivity index (χ1n) is 6.87.